The summed E-state index contributed by atoms with van der Waals surface area (Å²) in [7, 11) is 0. The van der Waals surface area contributed by atoms with Crippen LogP contribution in [-0.2, 0) is 9.59 Å². The van der Waals surface area contributed by atoms with E-state index in [1.807, 2.05) is 51.1 Å². The van der Waals surface area contributed by atoms with Crippen LogP contribution in [0.4, 0.5) is 5.69 Å². The van der Waals surface area contributed by atoms with E-state index in [2.05, 4.69) is 16.2 Å². The average Bonchev–Trinajstić information content (AvgIpc) is 2.61. The van der Waals surface area contributed by atoms with Crippen LogP contribution in [0.5, 0.6) is 0 Å². The summed E-state index contributed by atoms with van der Waals surface area (Å²) in [5, 5.41) is 2.80. The number of hydrogen-bond acceptors (Lipinski definition) is 3. The second kappa shape index (κ2) is 8.80. The van der Waals surface area contributed by atoms with Crippen molar-refractivity contribution in [3.8, 4) is 0 Å². The molecule has 2 aromatic rings. The number of carbonyl (C=O) groups is 3. The third-order valence-electron chi connectivity index (χ3n) is 3.95. The highest BCUT2D eigenvalue weighted by atomic mass is 16.2. The van der Waals surface area contributed by atoms with Crippen molar-refractivity contribution >= 4 is 23.4 Å². The smallest absolute Gasteiger partial charge is 0.269 e. The molecule has 3 N–H and O–H groups in total. The fourth-order valence-electron chi connectivity index (χ4n) is 2.39. The summed E-state index contributed by atoms with van der Waals surface area (Å²) in [6.07, 6.45) is 0.00417. The van der Waals surface area contributed by atoms with Gasteiger partial charge in [-0.2, -0.15) is 0 Å². The first-order valence-electron chi connectivity index (χ1n) is 8.38. The molecule has 0 fully saturated rings. The number of aryl methyl sites for hydroxylation is 3. The number of hydrogen-bond donors (Lipinski definition) is 3. The number of anilines is 1. The van der Waals surface area contributed by atoms with Gasteiger partial charge in [0.05, 0.1) is 0 Å². The third-order valence-corrected chi connectivity index (χ3v) is 3.95. The Bertz CT molecular complexity index is 831. The van der Waals surface area contributed by atoms with E-state index in [9.17, 15) is 14.4 Å². The summed E-state index contributed by atoms with van der Waals surface area (Å²) in [6.45, 7) is 5.66. The lowest BCUT2D eigenvalue weighted by molar-refractivity contribution is -0.124. The summed E-state index contributed by atoms with van der Waals surface area (Å²) in [5.41, 5.74) is 8.73. The van der Waals surface area contributed by atoms with Gasteiger partial charge in [-0.05, 0) is 49.6 Å². The van der Waals surface area contributed by atoms with Gasteiger partial charge in [-0.15, -0.1) is 0 Å². The normalized spacial score (nSPS) is 10.1. The van der Waals surface area contributed by atoms with E-state index in [-0.39, 0.29) is 18.7 Å². The molecule has 0 radical (unpaired) electrons. The van der Waals surface area contributed by atoms with Gasteiger partial charge in [0, 0.05) is 24.1 Å². The first-order valence-corrected chi connectivity index (χ1v) is 8.38. The van der Waals surface area contributed by atoms with Gasteiger partial charge in [-0.1, -0.05) is 30.3 Å². The van der Waals surface area contributed by atoms with Crippen molar-refractivity contribution in [3.05, 3.63) is 64.7 Å². The Morgan fingerprint density at radius 3 is 2.23 bits per heavy atom. The number of rotatable bonds is 5. The van der Waals surface area contributed by atoms with Crippen molar-refractivity contribution in [1.82, 2.24) is 10.9 Å². The third kappa shape index (κ3) is 5.44. The minimum absolute atomic E-state index is 0.0231. The van der Waals surface area contributed by atoms with Gasteiger partial charge < -0.3 is 5.32 Å². The molecule has 0 saturated carbocycles. The van der Waals surface area contributed by atoms with Crippen molar-refractivity contribution in [2.24, 2.45) is 0 Å². The van der Waals surface area contributed by atoms with Crippen LogP contribution < -0.4 is 16.2 Å². The van der Waals surface area contributed by atoms with Gasteiger partial charge in [0.1, 0.15) is 0 Å². The fourth-order valence-corrected chi connectivity index (χ4v) is 2.39. The molecule has 0 aliphatic rings. The Morgan fingerprint density at radius 2 is 1.50 bits per heavy atom. The van der Waals surface area contributed by atoms with Crippen LogP contribution in [0, 0.1) is 20.8 Å². The minimum Gasteiger partial charge on any atom is -0.326 e. The number of hydrazine groups is 1. The largest absolute Gasteiger partial charge is 0.326 e. The molecule has 0 heterocycles. The summed E-state index contributed by atoms with van der Waals surface area (Å²) in [5.74, 6) is -1.07. The van der Waals surface area contributed by atoms with Crippen LogP contribution in [0.25, 0.3) is 0 Å². The molecular formula is C20H23N3O3. The number of benzene rings is 2. The highest BCUT2D eigenvalue weighted by molar-refractivity contribution is 5.97. The predicted molar refractivity (Wildman–Crippen MR) is 101 cm³/mol. The second-order valence-corrected chi connectivity index (χ2v) is 6.18. The van der Waals surface area contributed by atoms with Crippen LogP contribution in [0.15, 0.2) is 42.5 Å². The molecule has 0 atom stereocenters. The Kier molecular flexibility index (Phi) is 6.49. The topological polar surface area (TPSA) is 87.3 Å². The molecule has 6 heteroatoms. The van der Waals surface area contributed by atoms with Gasteiger partial charge in [-0.25, -0.2) is 0 Å². The lowest BCUT2D eigenvalue weighted by Gasteiger charge is -2.10. The molecule has 0 aromatic heterocycles. The molecule has 2 aromatic carbocycles. The van der Waals surface area contributed by atoms with Crippen LogP contribution in [0.2, 0.25) is 0 Å². The van der Waals surface area contributed by atoms with Crippen LogP contribution >= 0.6 is 0 Å². The van der Waals surface area contributed by atoms with Crippen molar-refractivity contribution in [2.75, 3.05) is 5.32 Å². The molecule has 136 valence electrons. The lowest BCUT2D eigenvalue weighted by atomic mass is 10.1. The summed E-state index contributed by atoms with van der Waals surface area (Å²) < 4.78 is 0. The lowest BCUT2D eigenvalue weighted by Crippen LogP contribution is -2.42. The molecule has 0 aliphatic carbocycles. The van der Waals surface area contributed by atoms with E-state index < -0.39 is 11.8 Å². The Labute approximate surface area is 153 Å². The first-order chi connectivity index (χ1) is 12.4. The van der Waals surface area contributed by atoms with Crippen LogP contribution in [0.3, 0.4) is 0 Å². The van der Waals surface area contributed by atoms with E-state index in [0.717, 1.165) is 22.4 Å². The average molecular weight is 353 g/mol. The molecule has 26 heavy (non-hydrogen) atoms. The van der Waals surface area contributed by atoms with Crippen LogP contribution in [0.1, 0.15) is 39.9 Å². The standard InChI is InChI=1S/C20H23N3O3/c1-13-8-9-15(3)17(12-13)21-18(24)10-11-19(25)22-23-20(26)16-7-5-4-6-14(16)2/h4-9,12H,10-11H2,1-3H3,(H,21,24)(H,22,25)(H,23,26). The van der Waals surface area contributed by atoms with Crippen molar-refractivity contribution in [3.63, 3.8) is 0 Å². The van der Waals surface area contributed by atoms with Crippen molar-refractivity contribution in [1.29, 1.82) is 0 Å². The SMILES string of the molecule is Cc1ccc(C)c(NC(=O)CCC(=O)NNC(=O)c2ccccc2C)c1. The molecule has 0 unspecified atom stereocenters. The molecule has 0 spiro atoms. The van der Waals surface area contributed by atoms with E-state index in [1.165, 1.54) is 0 Å². The van der Waals surface area contributed by atoms with E-state index in [4.69, 9.17) is 0 Å². The molecule has 0 saturated heterocycles. The second-order valence-electron chi connectivity index (χ2n) is 6.18. The zero-order valence-electron chi connectivity index (χ0n) is 15.2. The van der Waals surface area contributed by atoms with Crippen molar-refractivity contribution < 1.29 is 14.4 Å². The highest BCUT2D eigenvalue weighted by Gasteiger charge is 2.11. The Hall–Kier alpha value is -3.15. The molecule has 0 aliphatic heterocycles. The minimum atomic E-state index is -0.428. The van der Waals surface area contributed by atoms with Crippen LogP contribution in [-0.4, -0.2) is 17.7 Å². The molecule has 3 amide bonds. The first kappa shape index (κ1) is 19.2. The van der Waals surface area contributed by atoms with Crippen molar-refractivity contribution in [2.45, 2.75) is 33.6 Å². The van der Waals surface area contributed by atoms with E-state index in [0.29, 0.717) is 5.56 Å². The number of nitrogens with one attached hydrogen (secondary N) is 3. The van der Waals surface area contributed by atoms with Gasteiger partial charge in [0.15, 0.2) is 0 Å². The fraction of sp³-hybridized carbons (Fsp3) is 0.250. The molecule has 2 rings (SSSR count). The Balaban J connectivity index is 1.78. The van der Waals surface area contributed by atoms with Gasteiger partial charge >= 0.3 is 0 Å². The van der Waals surface area contributed by atoms with E-state index in [1.54, 1.807) is 12.1 Å². The zero-order chi connectivity index (χ0) is 19.1. The quantitative estimate of drug-likeness (QED) is 0.722. The Morgan fingerprint density at radius 1 is 0.808 bits per heavy atom. The molecule has 0 bridgehead atoms. The van der Waals surface area contributed by atoms with Gasteiger partial charge in [0.25, 0.3) is 5.91 Å². The zero-order valence-corrected chi connectivity index (χ0v) is 15.2. The monoisotopic (exact) mass is 353 g/mol. The highest BCUT2D eigenvalue weighted by Crippen LogP contribution is 2.16. The summed E-state index contributed by atoms with van der Waals surface area (Å²) in [4.78, 5) is 35.9. The maximum absolute atomic E-state index is 12.0. The molecule has 6 nitrogen and oxygen atoms in total. The number of carbonyl (C=O) groups excluding carboxylic acids is 3. The maximum atomic E-state index is 12.0. The van der Waals surface area contributed by atoms with Gasteiger partial charge in [-0.3, -0.25) is 25.2 Å². The van der Waals surface area contributed by atoms with Gasteiger partial charge in [0.2, 0.25) is 11.8 Å². The van der Waals surface area contributed by atoms with E-state index >= 15 is 0 Å². The predicted octanol–water partition coefficient (Wildman–Crippen LogP) is 2.79. The summed E-state index contributed by atoms with van der Waals surface area (Å²) in [6, 6.07) is 12.9. The summed E-state index contributed by atoms with van der Waals surface area (Å²) >= 11 is 0. The maximum Gasteiger partial charge on any atom is 0.269 e. The number of amides is 3. The molecular weight excluding hydrogens is 330 g/mol.